The van der Waals surface area contributed by atoms with E-state index in [2.05, 4.69) is 5.32 Å². The van der Waals surface area contributed by atoms with Crippen LogP contribution in [0.5, 0.6) is 11.5 Å². The number of rotatable bonds is 5. The summed E-state index contributed by atoms with van der Waals surface area (Å²) in [7, 11) is 0. The molecule has 6 nitrogen and oxygen atoms in total. The second-order valence-electron chi connectivity index (χ2n) is 6.79. The van der Waals surface area contributed by atoms with E-state index in [1.165, 1.54) is 11.3 Å². The summed E-state index contributed by atoms with van der Waals surface area (Å²) in [6, 6.07) is 15.0. The predicted octanol–water partition coefficient (Wildman–Crippen LogP) is 4.68. The number of anilines is 1. The Morgan fingerprint density at radius 2 is 1.87 bits per heavy atom. The van der Waals surface area contributed by atoms with Crippen molar-refractivity contribution < 1.29 is 23.8 Å². The minimum absolute atomic E-state index is 0.0911. The molecule has 0 spiro atoms. The van der Waals surface area contributed by atoms with Gasteiger partial charge in [-0.1, -0.05) is 42.0 Å². The van der Waals surface area contributed by atoms with Crippen molar-refractivity contribution in [1.29, 1.82) is 0 Å². The van der Waals surface area contributed by atoms with E-state index in [4.69, 9.17) is 14.2 Å². The van der Waals surface area contributed by atoms with Crippen LogP contribution in [0.2, 0.25) is 0 Å². The van der Waals surface area contributed by atoms with Crippen molar-refractivity contribution in [2.75, 3.05) is 18.5 Å². The van der Waals surface area contributed by atoms with E-state index < -0.39 is 12.1 Å². The van der Waals surface area contributed by atoms with Gasteiger partial charge < -0.3 is 19.5 Å². The van der Waals surface area contributed by atoms with Gasteiger partial charge in [0.1, 0.15) is 17.2 Å². The molecular formula is C23H21NO5S. The van der Waals surface area contributed by atoms with Crippen molar-refractivity contribution in [2.24, 2.45) is 0 Å². The summed E-state index contributed by atoms with van der Waals surface area (Å²) in [5, 5.41) is 5.10. The second kappa shape index (κ2) is 8.59. The Bertz CT molecular complexity index is 1070. The number of ether oxygens (including phenoxy) is 3. The SMILES string of the molecule is CCOC(=O)c1c(-c2ccc(C)cc2)csc1NC(=O)C1COc2ccccc2O1. The number of hydrogen-bond donors (Lipinski definition) is 1. The Labute approximate surface area is 178 Å². The standard InChI is InChI=1S/C23H21NO5S/c1-3-27-23(26)20-16(15-10-8-14(2)9-11-15)13-30-22(20)24-21(25)19-12-28-17-6-4-5-7-18(17)29-19/h4-11,13,19H,3,12H2,1-2H3,(H,24,25). The van der Waals surface area contributed by atoms with E-state index >= 15 is 0 Å². The molecule has 1 unspecified atom stereocenters. The number of esters is 1. The number of carbonyl (C=O) groups is 2. The number of aryl methyl sites for hydroxylation is 1. The molecule has 0 saturated carbocycles. The lowest BCUT2D eigenvalue weighted by molar-refractivity contribution is -0.125. The average molecular weight is 423 g/mol. The van der Waals surface area contributed by atoms with Gasteiger partial charge >= 0.3 is 5.97 Å². The van der Waals surface area contributed by atoms with Crippen molar-refractivity contribution >= 4 is 28.2 Å². The van der Waals surface area contributed by atoms with Crippen LogP contribution in [0, 0.1) is 6.92 Å². The summed E-state index contributed by atoms with van der Waals surface area (Å²) < 4.78 is 16.6. The summed E-state index contributed by atoms with van der Waals surface area (Å²) >= 11 is 1.28. The maximum absolute atomic E-state index is 12.8. The Morgan fingerprint density at radius 1 is 1.13 bits per heavy atom. The Kier molecular flexibility index (Phi) is 5.72. The minimum Gasteiger partial charge on any atom is -0.485 e. The Hall–Kier alpha value is -3.32. The molecule has 1 aliphatic rings. The lowest BCUT2D eigenvalue weighted by Crippen LogP contribution is -2.40. The van der Waals surface area contributed by atoms with Crippen LogP contribution in [0.3, 0.4) is 0 Å². The predicted molar refractivity (Wildman–Crippen MR) is 115 cm³/mol. The van der Waals surface area contributed by atoms with Crippen molar-refractivity contribution in [1.82, 2.24) is 0 Å². The molecule has 2 aromatic carbocycles. The molecule has 1 aliphatic heterocycles. The van der Waals surface area contributed by atoms with Gasteiger partial charge in [0.2, 0.25) is 6.10 Å². The van der Waals surface area contributed by atoms with Crippen LogP contribution in [0.15, 0.2) is 53.9 Å². The molecule has 1 aromatic heterocycles. The van der Waals surface area contributed by atoms with Gasteiger partial charge in [0.25, 0.3) is 5.91 Å². The van der Waals surface area contributed by atoms with Gasteiger partial charge in [-0.3, -0.25) is 4.79 Å². The molecule has 0 bridgehead atoms. The van der Waals surface area contributed by atoms with Crippen LogP contribution in [-0.4, -0.2) is 31.2 Å². The van der Waals surface area contributed by atoms with E-state index in [0.717, 1.165) is 16.7 Å². The smallest absolute Gasteiger partial charge is 0.341 e. The number of nitrogens with one attached hydrogen (secondary N) is 1. The fraction of sp³-hybridized carbons (Fsp3) is 0.217. The van der Waals surface area contributed by atoms with Crippen LogP contribution >= 0.6 is 11.3 Å². The van der Waals surface area contributed by atoms with Crippen LogP contribution in [0.1, 0.15) is 22.8 Å². The highest BCUT2D eigenvalue weighted by Crippen LogP contribution is 2.37. The number of benzene rings is 2. The highest BCUT2D eigenvalue weighted by molar-refractivity contribution is 7.15. The summed E-state index contributed by atoms with van der Waals surface area (Å²) in [6.07, 6.45) is -0.820. The maximum Gasteiger partial charge on any atom is 0.341 e. The van der Waals surface area contributed by atoms with Crippen LogP contribution in [0.25, 0.3) is 11.1 Å². The molecule has 4 rings (SSSR count). The van der Waals surface area contributed by atoms with Crippen LogP contribution in [0.4, 0.5) is 5.00 Å². The molecule has 154 valence electrons. The fourth-order valence-corrected chi connectivity index (χ4v) is 4.10. The van der Waals surface area contributed by atoms with E-state index in [1.54, 1.807) is 19.1 Å². The number of thiophene rings is 1. The third-order valence-corrected chi connectivity index (χ3v) is 5.57. The highest BCUT2D eigenvalue weighted by Gasteiger charge is 2.30. The third kappa shape index (κ3) is 4.02. The first kappa shape index (κ1) is 20.0. The topological polar surface area (TPSA) is 73.9 Å². The number of hydrogen-bond acceptors (Lipinski definition) is 6. The third-order valence-electron chi connectivity index (χ3n) is 4.67. The molecule has 30 heavy (non-hydrogen) atoms. The lowest BCUT2D eigenvalue weighted by atomic mass is 10.0. The number of carbonyl (C=O) groups excluding carboxylic acids is 2. The molecule has 0 radical (unpaired) electrons. The van der Waals surface area contributed by atoms with Gasteiger partial charge in [0.05, 0.1) is 6.61 Å². The normalized spacial score (nSPS) is 14.8. The number of amides is 1. The second-order valence-corrected chi connectivity index (χ2v) is 7.67. The highest BCUT2D eigenvalue weighted by atomic mass is 32.1. The molecular weight excluding hydrogens is 402 g/mol. The molecule has 7 heteroatoms. The van der Waals surface area contributed by atoms with Gasteiger partial charge in [0.15, 0.2) is 11.5 Å². The monoisotopic (exact) mass is 423 g/mol. The Morgan fingerprint density at radius 3 is 2.60 bits per heavy atom. The van der Waals surface area contributed by atoms with E-state index in [0.29, 0.717) is 22.1 Å². The molecule has 0 saturated heterocycles. The summed E-state index contributed by atoms with van der Waals surface area (Å²) in [5.74, 6) is 0.260. The fourth-order valence-electron chi connectivity index (χ4n) is 3.14. The molecule has 2 heterocycles. The first-order valence-corrected chi connectivity index (χ1v) is 10.5. The average Bonchev–Trinajstić information content (AvgIpc) is 3.17. The molecule has 1 atom stereocenters. The van der Waals surface area contributed by atoms with E-state index in [9.17, 15) is 9.59 Å². The van der Waals surface area contributed by atoms with Crippen LogP contribution < -0.4 is 14.8 Å². The van der Waals surface area contributed by atoms with Gasteiger partial charge in [-0.2, -0.15) is 0 Å². The molecule has 1 N–H and O–H groups in total. The van der Waals surface area contributed by atoms with Crippen molar-refractivity contribution in [3.63, 3.8) is 0 Å². The van der Waals surface area contributed by atoms with E-state index in [-0.39, 0.29) is 19.1 Å². The largest absolute Gasteiger partial charge is 0.485 e. The van der Waals surface area contributed by atoms with Gasteiger partial charge in [-0.25, -0.2) is 4.79 Å². The zero-order valence-corrected chi connectivity index (χ0v) is 17.5. The van der Waals surface area contributed by atoms with Gasteiger partial charge in [-0.05, 0) is 31.5 Å². The molecule has 0 aliphatic carbocycles. The quantitative estimate of drug-likeness (QED) is 0.603. The van der Waals surface area contributed by atoms with Crippen molar-refractivity contribution in [3.05, 3.63) is 65.0 Å². The molecule has 1 amide bonds. The van der Waals surface area contributed by atoms with Crippen molar-refractivity contribution in [2.45, 2.75) is 20.0 Å². The number of para-hydroxylation sites is 2. The van der Waals surface area contributed by atoms with Crippen LogP contribution in [-0.2, 0) is 9.53 Å². The van der Waals surface area contributed by atoms with Crippen molar-refractivity contribution in [3.8, 4) is 22.6 Å². The first-order chi connectivity index (χ1) is 14.6. The lowest BCUT2D eigenvalue weighted by Gasteiger charge is -2.25. The maximum atomic E-state index is 12.8. The first-order valence-electron chi connectivity index (χ1n) is 9.61. The van der Waals surface area contributed by atoms with Gasteiger partial charge in [0, 0.05) is 10.9 Å². The molecule has 3 aromatic rings. The summed E-state index contributed by atoms with van der Waals surface area (Å²) in [5.41, 5.74) is 3.07. The van der Waals surface area contributed by atoms with Gasteiger partial charge in [-0.15, -0.1) is 11.3 Å². The zero-order valence-electron chi connectivity index (χ0n) is 16.6. The zero-order chi connectivity index (χ0) is 21.1. The van der Waals surface area contributed by atoms with E-state index in [1.807, 2.05) is 48.7 Å². The molecule has 0 fully saturated rings. The number of fused-ring (bicyclic) bond motifs is 1. The summed E-state index contributed by atoms with van der Waals surface area (Å²) in [4.78, 5) is 25.5. The summed E-state index contributed by atoms with van der Waals surface area (Å²) in [6.45, 7) is 4.08. The Balaban J connectivity index is 1.60. The minimum atomic E-state index is -0.820.